The van der Waals surface area contributed by atoms with E-state index in [0.29, 0.717) is 30.0 Å². The Hall–Kier alpha value is -1.79. The third-order valence-electron chi connectivity index (χ3n) is 2.57. The maximum atomic E-state index is 11.8. The molecular weight excluding hydrogens is 234 g/mol. The number of hydrogen-bond acceptors (Lipinski definition) is 5. The fourth-order valence-corrected chi connectivity index (χ4v) is 1.73. The first-order valence-corrected chi connectivity index (χ1v) is 5.72. The third kappa shape index (κ3) is 3.35. The van der Waals surface area contributed by atoms with Crippen LogP contribution in [0.3, 0.4) is 0 Å². The summed E-state index contributed by atoms with van der Waals surface area (Å²) in [5, 5.41) is 20.6. The molecule has 1 aromatic rings. The van der Waals surface area contributed by atoms with E-state index in [4.69, 9.17) is 15.9 Å². The molecule has 0 aliphatic carbocycles. The monoisotopic (exact) mass is 253 g/mol. The minimum Gasteiger partial charge on any atom is -0.399 e. The average Bonchev–Trinajstić information content (AvgIpc) is 2.37. The highest BCUT2D eigenvalue weighted by Crippen LogP contribution is 2.23. The molecule has 0 heterocycles. The summed E-state index contributed by atoms with van der Waals surface area (Å²) in [6.07, 6.45) is 0. The van der Waals surface area contributed by atoms with Crippen molar-refractivity contribution in [3.63, 3.8) is 0 Å². The van der Waals surface area contributed by atoms with Crippen LogP contribution in [0.2, 0.25) is 0 Å². The summed E-state index contributed by atoms with van der Waals surface area (Å²) < 4.78 is 0. The minimum atomic E-state index is -0.231. The summed E-state index contributed by atoms with van der Waals surface area (Å²) in [6.45, 7) is 0.520. The van der Waals surface area contributed by atoms with Crippen molar-refractivity contribution in [3.8, 4) is 0 Å². The molecule has 0 saturated carbocycles. The second-order valence-corrected chi connectivity index (χ2v) is 3.79. The molecule has 1 aromatic carbocycles. The third-order valence-corrected chi connectivity index (χ3v) is 2.57. The van der Waals surface area contributed by atoms with Crippen molar-refractivity contribution >= 4 is 17.3 Å². The predicted molar refractivity (Wildman–Crippen MR) is 70.6 cm³/mol. The van der Waals surface area contributed by atoms with Crippen molar-refractivity contribution in [3.05, 3.63) is 23.8 Å². The van der Waals surface area contributed by atoms with E-state index in [1.807, 2.05) is 0 Å². The zero-order valence-electron chi connectivity index (χ0n) is 10.4. The number of nitrogen functional groups attached to an aromatic ring is 1. The van der Waals surface area contributed by atoms with E-state index >= 15 is 0 Å². The molecule has 0 radical (unpaired) electrons. The topological polar surface area (TPSA) is 98.8 Å². The molecule has 0 bridgehead atoms. The highest BCUT2D eigenvalue weighted by Gasteiger charge is 2.15. The molecule has 0 atom stereocenters. The number of anilines is 2. The fourth-order valence-electron chi connectivity index (χ4n) is 1.73. The summed E-state index contributed by atoms with van der Waals surface area (Å²) in [5.74, 6) is -0.231. The Morgan fingerprint density at radius 2 is 1.94 bits per heavy atom. The normalized spacial score (nSPS) is 10.2. The number of carbonyl (C=O) groups excluding carboxylic acids is 1. The zero-order valence-corrected chi connectivity index (χ0v) is 10.4. The highest BCUT2D eigenvalue weighted by molar-refractivity contribution is 6.00. The maximum Gasteiger partial charge on any atom is 0.253 e. The lowest BCUT2D eigenvalue weighted by Crippen LogP contribution is -2.32. The van der Waals surface area contributed by atoms with E-state index in [9.17, 15) is 4.79 Å². The van der Waals surface area contributed by atoms with Gasteiger partial charge in [0, 0.05) is 25.8 Å². The van der Waals surface area contributed by atoms with Crippen LogP contribution in [0.25, 0.3) is 0 Å². The van der Waals surface area contributed by atoms with Crippen LogP contribution in [-0.4, -0.2) is 49.5 Å². The molecule has 6 nitrogen and oxygen atoms in total. The smallest absolute Gasteiger partial charge is 0.253 e. The first kappa shape index (κ1) is 14.3. The van der Waals surface area contributed by atoms with Crippen molar-refractivity contribution in [2.24, 2.45) is 0 Å². The van der Waals surface area contributed by atoms with Gasteiger partial charge in [-0.1, -0.05) is 0 Å². The molecule has 18 heavy (non-hydrogen) atoms. The SMILES string of the molecule is CNC(=O)c1ccc(N)cc1N(CCO)CCO. The molecule has 0 spiro atoms. The van der Waals surface area contributed by atoms with Crippen molar-refractivity contribution in [2.75, 3.05) is 44.0 Å². The maximum absolute atomic E-state index is 11.8. The summed E-state index contributed by atoms with van der Waals surface area (Å²) in [7, 11) is 1.55. The van der Waals surface area contributed by atoms with Gasteiger partial charge in [-0.3, -0.25) is 4.79 Å². The summed E-state index contributed by atoms with van der Waals surface area (Å²) >= 11 is 0. The number of aliphatic hydroxyl groups excluding tert-OH is 2. The second kappa shape index (κ2) is 6.83. The van der Waals surface area contributed by atoms with Crippen LogP contribution in [-0.2, 0) is 0 Å². The molecule has 1 amide bonds. The quantitative estimate of drug-likeness (QED) is 0.508. The molecule has 0 aliphatic heterocycles. The Kier molecular flexibility index (Phi) is 5.41. The van der Waals surface area contributed by atoms with Crippen LogP contribution >= 0.6 is 0 Å². The van der Waals surface area contributed by atoms with Crippen LogP contribution in [0.5, 0.6) is 0 Å². The van der Waals surface area contributed by atoms with Gasteiger partial charge in [-0.2, -0.15) is 0 Å². The van der Waals surface area contributed by atoms with Gasteiger partial charge in [0.15, 0.2) is 0 Å². The van der Waals surface area contributed by atoms with Crippen LogP contribution in [0.1, 0.15) is 10.4 Å². The first-order valence-electron chi connectivity index (χ1n) is 5.72. The van der Waals surface area contributed by atoms with Crippen molar-refractivity contribution < 1.29 is 15.0 Å². The van der Waals surface area contributed by atoms with Crippen LogP contribution < -0.4 is 16.0 Å². The van der Waals surface area contributed by atoms with E-state index in [2.05, 4.69) is 5.32 Å². The number of nitrogens with one attached hydrogen (secondary N) is 1. The van der Waals surface area contributed by atoms with E-state index < -0.39 is 0 Å². The highest BCUT2D eigenvalue weighted by atomic mass is 16.3. The summed E-state index contributed by atoms with van der Waals surface area (Å²) in [5.41, 5.74) is 7.32. The second-order valence-electron chi connectivity index (χ2n) is 3.79. The zero-order chi connectivity index (χ0) is 13.5. The van der Waals surface area contributed by atoms with Crippen LogP contribution in [0, 0.1) is 0 Å². The van der Waals surface area contributed by atoms with Crippen molar-refractivity contribution in [1.29, 1.82) is 0 Å². The molecule has 1 rings (SSSR count). The number of hydrogen-bond donors (Lipinski definition) is 4. The van der Waals surface area contributed by atoms with Gasteiger partial charge in [-0.15, -0.1) is 0 Å². The van der Waals surface area contributed by atoms with Crippen molar-refractivity contribution in [2.45, 2.75) is 0 Å². The van der Waals surface area contributed by atoms with E-state index in [1.54, 1.807) is 30.1 Å². The molecule has 0 fully saturated rings. The summed E-state index contributed by atoms with van der Waals surface area (Å²) in [6, 6.07) is 4.94. The van der Waals surface area contributed by atoms with Gasteiger partial charge in [0.1, 0.15) is 0 Å². The van der Waals surface area contributed by atoms with Gasteiger partial charge in [0.25, 0.3) is 5.91 Å². The number of carbonyl (C=O) groups is 1. The minimum absolute atomic E-state index is 0.0675. The molecule has 0 unspecified atom stereocenters. The molecule has 0 saturated heterocycles. The lowest BCUT2D eigenvalue weighted by molar-refractivity contribution is 0.0963. The molecule has 100 valence electrons. The Bertz CT molecular complexity index is 404. The molecule has 5 N–H and O–H groups in total. The Labute approximate surface area is 106 Å². The lowest BCUT2D eigenvalue weighted by atomic mass is 10.1. The Morgan fingerprint density at radius 3 is 2.44 bits per heavy atom. The lowest BCUT2D eigenvalue weighted by Gasteiger charge is -2.25. The van der Waals surface area contributed by atoms with Gasteiger partial charge < -0.3 is 26.2 Å². The number of amides is 1. The molecule has 0 aromatic heterocycles. The van der Waals surface area contributed by atoms with E-state index in [0.717, 1.165) is 0 Å². The van der Waals surface area contributed by atoms with Crippen LogP contribution in [0.4, 0.5) is 11.4 Å². The number of nitrogens with zero attached hydrogens (tertiary/aromatic N) is 1. The number of aliphatic hydroxyl groups is 2. The van der Waals surface area contributed by atoms with E-state index in [1.165, 1.54) is 0 Å². The summed E-state index contributed by atoms with van der Waals surface area (Å²) in [4.78, 5) is 13.5. The van der Waals surface area contributed by atoms with E-state index in [-0.39, 0.29) is 19.1 Å². The first-order chi connectivity index (χ1) is 8.63. The standard InChI is InChI=1S/C12H19N3O3/c1-14-12(18)10-3-2-9(13)8-11(10)15(4-6-16)5-7-17/h2-3,8,16-17H,4-7,13H2,1H3,(H,14,18). The molecule has 6 heteroatoms. The van der Waals surface area contributed by atoms with Gasteiger partial charge in [0.2, 0.25) is 0 Å². The predicted octanol–water partition coefficient (Wildman–Crippen LogP) is -0.581. The fraction of sp³-hybridized carbons (Fsp3) is 0.417. The Balaban J connectivity index is 3.16. The Morgan fingerprint density at radius 1 is 1.33 bits per heavy atom. The molecular formula is C12H19N3O3. The number of rotatable bonds is 6. The van der Waals surface area contributed by atoms with Gasteiger partial charge >= 0.3 is 0 Å². The van der Waals surface area contributed by atoms with Gasteiger partial charge in [-0.25, -0.2) is 0 Å². The number of nitrogens with two attached hydrogens (primary N) is 1. The average molecular weight is 253 g/mol. The van der Waals surface area contributed by atoms with Crippen molar-refractivity contribution in [1.82, 2.24) is 5.32 Å². The number of benzene rings is 1. The van der Waals surface area contributed by atoms with Gasteiger partial charge in [0.05, 0.1) is 24.5 Å². The van der Waals surface area contributed by atoms with Gasteiger partial charge in [-0.05, 0) is 18.2 Å². The van der Waals surface area contributed by atoms with Crippen LogP contribution in [0.15, 0.2) is 18.2 Å². The molecule has 0 aliphatic rings. The largest absolute Gasteiger partial charge is 0.399 e.